The molecule has 0 aliphatic carbocycles. The van der Waals surface area contributed by atoms with E-state index >= 15 is 0 Å². The van der Waals surface area contributed by atoms with E-state index in [0.717, 1.165) is 9.14 Å². The van der Waals surface area contributed by atoms with Crippen LogP contribution in [0.1, 0.15) is 33.6 Å². The number of carbonyl (C=O) groups is 2. The summed E-state index contributed by atoms with van der Waals surface area (Å²) in [5.41, 5.74) is 2.67. The molecule has 222 valence electrons. The Morgan fingerprint density at radius 2 is 1.90 bits per heavy atom. The van der Waals surface area contributed by atoms with Crippen molar-refractivity contribution in [1.29, 1.82) is 5.26 Å². The molecule has 2 atom stereocenters. The number of carbonyl (C=O) groups excluding carboxylic acids is 2. The quantitative estimate of drug-likeness (QED) is 0.241. The van der Waals surface area contributed by atoms with Crippen molar-refractivity contribution in [3.8, 4) is 6.07 Å². The summed E-state index contributed by atoms with van der Waals surface area (Å²) in [5, 5.41) is 9.20. The van der Waals surface area contributed by atoms with Crippen LogP contribution in [-0.4, -0.2) is 90.5 Å². The number of nitriles is 1. The number of nitrogens with one attached hydrogen (secondary N) is 1. The number of nitrogens with zero attached hydrogens (tertiary/aromatic N) is 4. The molecule has 1 fully saturated rings. The third kappa shape index (κ3) is 7.85. The van der Waals surface area contributed by atoms with Crippen molar-refractivity contribution in [2.24, 2.45) is 0 Å². The van der Waals surface area contributed by atoms with Gasteiger partial charge < -0.3 is 0 Å². The molecular formula is C30H36FN5O4SSn. The number of amides is 1. The third-order valence-corrected chi connectivity index (χ3v) is 14.3. The van der Waals surface area contributed by atoms with E-state index in [1.807, 2.05) is 12.1 Å². The molecule has 4 rings (SSSR count). The molecule has 1 aliphatic rings. The van der Waals surface area contributed by atoms with Crippen LogP contribution in [0.25, 0.3) is 0 Å². The summed E-state index contributed by atoms with van der Waals surface area (Å²) in [6, 6.07) is 13.3. The van der Waals surface area contributed by atoms with Crippen LogP contribution in [0.4, 0.5) is 10.1 Å². The van der Waals surface area contributed by atoms with Gasteiger partial charge in [0.25, 0.3) is 0 Å². The minimum atomic E-state index is -3.34. The number of piperazine rings is 1. The summed E-state index contributed by atoms with van der Waals surface area (Å²) >= 11 is -2.65. The number of ketones is 1. The molecule has 0 bridgehead atoms. The summed E-state index contributed by atoms with van der Waals surface area (Å²) in [7, 11) is -3.34. The zero-order valence-electron chi connectivity index (χ0n) is 24.3. The predicted molar refractivity (Wildman–Crippen MR) is 163 cm³/mol. The number of anilines is 1. The van der Waals surface area contributed by atoms with E-state index in [-0.39, 0.29) is 49.1 Å². The number of benzene rings is 2. The van der Waals surface area contributed by atoms with Gasteiger partial charge >= 0.3 is 235 Å². The van der Waals surface area contributed by atoms with Crippen molar-refractivity contribution in [1.82, 2.24) is 14.9 Å². The van der Waals surface area contributed by atoms with Crippen LogP contribution in [0.2, 0.25) is 14.8 Å². The van der Waals surface area contributed by atoms with Gasteiger partial charge in [0.1, 0.15) is 0 Å². The molecule has 0 spiro atoms. The first-order valence-corrected chi connectivity index (χ1v) is 25.8. The molecule has 1 saturated heterocycles. The number of alkyl halides is 1. The zero-order chi connectivity index (χ0) is 30.7. The summed E-state index contributed by atoms with van der Waals surface area (Å²) in [6.07, 6.45) is 4.45. The molecule has 9 nitrogen and oxygen atoms in total. The molecular weight excluding hydrogens is 664 g/mol. The van der Waals surface area contributed by atoms with Gasteiger partial charge in [-0.3, -0.25) is 0 Å². The summed E-state index contributed by atoms with van der Waals surface area (Å²) < 4.78 is 39.5. The van der Waals surface area contributed by atoms with Crippen LogP contribution in [0, 0.1) is 11.3 Å². The van der Waals surface area contributed by atoms with Gasteiger partial charge in [-0.1, -0.05) is 0 Å². The van der Waals surface area contributed by atoms with E-state index in [1.165, 1.54) is 18.8 Å². The maximum absolute atomic E-state index is 13.9. The van der Waals surface area contributed by atoms with Crippen molar-refractivity contribution in [3.63, 3.8) is 0 Å². The Kier molecular flexibility index (Phi) is 9.90. The van der Waals surface area contributed by atoms with Gasteiger partial charge in [-0.05, 0) is 0 Å². The van der Waals surface area contributed by atoms with E-state index in [1.54, 1.807) is 40.1 Å². The van der Waals surface area contributed by atoms with Gasteiger partial charge in [0, 0.05) is 0 Å². The molecule has 3 aromatic rings. The molecule has 42 heavy (non-hydrogen) atoms. The Hall–Kier alpha value is -3.08. The molecule has 12 heteroatoms. The fourth-order valence-electron chi connectivity index (χ4n) is 5.22. The number of rotatable bonds is 11. The Labute approximate surface area is 250 Å². The van der Waals surface area contributed by atoms with Crippen molar-refractivity contribution >= 4 is 49.2 Å². The standard InChI is InChI=1S/C27H27FN5O4S.3CH3.Sn/c1-38(36,37)10-9-23-16-33(22-4-2-3-21(11-22)13-28)26(34)17-32(23)25(27(35)24-15-30-18-31-24)12-19-5-7-20(14-29)8-6-19;;;;/h3-8,11,15,18,23,25H,9-10,12-13,16-17H2,1H3,(H,30,31);3*1H3;/t23?,25-;;;;/m0..../s1. The molecule has 2 aromatic carbocycles. The second-order valence-electron chi connectivity index (χ2n) is 11.9. The van der Waals surface area contributed by atoms with Crippen LogP contribution in [-0.2, 0) is 27.7 Å². The van der Waals surface area contributed by atoms with Gasteiger partial charge in [0.2, 0.25) is 0 Å². The van der Waals surface area contributed by atoms with Gasteiger partial charge in [-0.2, -0.15) is 5.26 Å². The van der Waals surface area contributed by atoms with E-state index in [0.29, 0.717) is 16.8 Å². The van der Waals surface area contributed by atoms with Gasteiger partial charge in [0.15, 0.2) is 0 Å². The molecule has 2 heterocycles. The number of hydrogen-bond acceptors (Lipinski definition) is 7. The first kappa shape index (κ1) is 31.8. The van der Waals surface area contributed by atoms with Crippen LogP contribution in [0.3, 0.4) is 0 Å². The van der Waals surface area contributed by atoms with Crippen molar-refractivity contribution in [3.05, 3.63) is 77.4 Å². The number of halogens is 1. The first-order valence-electron chi connectivity index (χ1n) is 13.7. The van der Waals surface area contributed by atoms with E-state index < -0.39 is 47.0 Å². The van der Waals surface area contributed by atoms with Crippen LogP contribution < -0.4 is 8.48 Å². The summed E-state index contributed by atoms with van der Waals surface area (Å²) in [6.45, 7) is -0.619. The summed E-state index contributed by atoms with van der Waals surface area (Å²) in [5.74, 6) is -0.642. The normalized spacial score (nSPS) is 17.2. The van der Waals surface area contributed by atoms with Crippen molar-refractivity contribution in [2.75, 3.05) is 30.0 Å². The Bertz CT molecular complexity index is 1580. The zero-order valence-corrected chi connectivity index (χ0v) is 28.0. The van der Waals surface area contributed by atoms with Gasteiger partial charge in [-0.15, -0.1) is 0 Å². The average Bonchev–Trinajstić information content (AvgIpc) is 3.49. The number of hydrogen-bond donors (Lipinski definition) is 1. The monoisotopic (exact) mass is 701 g/mol. The Balaban J connectivity index is 1.74. The molecule has 1 aliphatic heterocycles. The van der Waals surface area contributed by atoms with Crippen LogP contribution in [0.15, 0.2) is 55.0 Å². The number of aromatic nitrogens is 2. The Morgan fingerprint density at radius 1 is 1.19 bits per heavy atom. The molecule has 1 aromatic heterocycles. The predicted octanol–water partition coefficient (Wildman–Crippen LogP) is 3.24. The number of Topliss-reactive ketones (excluding diaryl/α,β-unsaturated/α-hetero) is 1. The fourth-order valence-corrected chi connectivity index (χ4v) is 9.34. The fraction of sp³-hybridized carbons (Fsp3) is 0.400. The first-order chi connectivity index (χ1) is 19.8. The molecule has 1 amide bonds. The number of H-pyrrole nitrogens is 1. The van der Waals surface area contributed by atoms with Crippen molar-refractivity contribution < 1.29 is 22.4 Å². The second-order valence-corrected chi connectivity index (χ2v) is 28.6. The van der Waals surface area contributed by atoms with Crippen LogP contribution >= 0.6 is 0 Å². The SMILES string of the molecule is CS(=O)(=O)CCC1CN(c2cc(CF)c[c]([Sn]([CH3])([CH3])[CH3])c2)C(=O)CN1[C@@H](Cc1ccc(C#N)cc1)C(=O)c1cnc[nH]1. The van der Waals surface area contributed by atoms with Gasteiger partial charge in [0.05, 0.1) is 11.6 Å². The molecule has 0 saturated carbocycles. The Morgan fingerprint density at radius 3 is 2.48 bits per heavy atom. The molecule has 1 unspecified atom stereocenters. The topological polar surface area (TPSA) is 127 Å². The minimum absolute atomic E-state index is 0.119. The second kappa shape index (κ2) is 13.1. The van der Waals surface area contributed by atoms with Crippen molar-refractivity contribution in [2.45, 2.75) is 46.4 Å². The average molecular weight is 700 g/mol. The van der Waals surface area contributed by atoms with E-state index in [4.69, 9.17) is 0 Å². The third-order valence-electron chi connectivity index (χ3n) is 7.59. The molecule has 0 radical (unpaired) electrons. The van der Waals surface area contributed by atoms with Gasteiger partial charge in [-0.25, -0.2) is 0 Å². The van der Waals surface area contributed by atoms with Crippen LogP contribution in [0.5, 0.6) is 0 Å². The maximum atomic E-state index is 13.9. The number of imidazole rings is 1. The number of aromatic amines is 1. The summed E-state index contributed by atoms with van der Waals surface area (Å²) in [4.78, 5) is 44.5. The number of sulfone groups is 1. The molecule has 1 N–H and O–H groups in total. The van der Waals surface area contributed by atoms with E-state index in [9.17, 15) is 27.7 Å². The van der Waals surface area contributed by atoms with E-state index in [2.05, 4.69) is 30.9 Å².